The number of amides is 1. The Morgan fingerprint density at radius 1 is 1.69 bits per heavy atom. The molecule has 0 aliphatic rings. The van der Waals surface area contributed by atoms with E-state index in [1.165, 1.54) is 13.0 Å². The topological polar surface area (TPSA) is 76.2 Å². The van der Waals surface area contributed by atoms with Crippen LogP contribution in [-0.2, 0) is 10.4 Å². The normalized spacial score (nSPS) is 15.0. The van der Waals surface area contributed by atoms with Crippen molar-refractivity contribution in [2.45, 2.75) is 12.5 Å². The molecule has 3 N–H and O–H groups in total. The number of rotatable bonds is 2. The zero-order valence-corrected chi connectivity index (χ0v) is 8.58. The van der Waals surface area contributed by atoms with Crippen LogP contribution in [0.5, 0.6) is 0 Å². The third-order valence-electron chi connectivity index (χ3n) is 1.69. The van der Waals surface area contributed by atoms with Crippen LogP contribution in [0.15, 0.2) is 22.8 Å². The monoisotopic (exact) mass is 244 g/mol. The third-order valence-corrected chi connectivity index (χ3v) is 2.14. The quantitative estimate of drug-likeness (QED) is 0.746. The predicted octanol–water partition coefficient (Wildman–Crippen LogP) is 0.537. The van der Waals surface area contributed by atoms with Crippen molar-refractivity contribution in [3.8, 4) is 0 Å². The third kappa shape index (κ3) is 2.05. The number of halogens is 1. The Labute approximate surface area is 83.9 Å². The van der Waals surface area contributed by atoms with Gasteiger partial charge in [0.2, 0.25) is 0 Å². The van der Waals surface area contributed by atoms with Crippen LogP contribution >= 0.6 is 15.9 Å². The molecule has 1 aromatic heterocycles. The summed E-state index contributed by atoms with van der Waals surface area (Å²) in [5, 5.41) is 9.63. The molecule has 1 heterocycles. The predicted molar refractivity (Wildman–Crippen MR) is 50.7 cm³/mol. The molecule has 0 spiro atoms. The molecule has 1 rings (SSSR count). The summed E-state index contributed by atoms with van der Waals surface area (Å²) in [4.78, 5) is 14.8. The number of pyridine rings is 1. The molecule has 0 fully saturated rings. The first-order chi connectivity index (χ1) is 5.94. The van der Waals surface area contributed by atoms with Gasteiger partial charge >= 0.3 is 0 Å². The number of aromatic nitrogens is 1. The summed E-state index contributed by atoms with van der Waals surface area (Å²) in [6.45, 7) is 1.31. The van der Waals surface area contributed by atoms with Gasteiger partial charge in [0.15, 0.2) is 5.60 Å². The SMILES string of the molecule is CC(O)(C(N)=O)c1cccc(Br)n1. The second-order valence-corrected chi connectivity index (χ2v) is 3.59. The molecule has 13 heavy (non-hydrogen) atoms. The van der Waals surface area contributed by atoms with Crippen molar-refractivity contribution in [3.63, 3.8) is 0 Å². The van der Waals surface area contributed by atoms with Crippen molar-refractivity contribution in [2.24, 2.45) is 5.73 Å². The van der Waals surface area contributed by atoms with Crippen LogP contribution in [0, 0.1) is 0 Å². The van der Waals surface area contributed by atoms with Crippen LogP contribution in [0.4, 0.5) is 0 Å². The van der Waals surface area contributed by atoms with Crippen molar-refractivity contribution >= 4 is 21.8 Å². The zero-order valence-electron chi connectivity index (χ0n) is 6.99. The number of nitrogens with two attached hydrogens (primary N) is 1. The van der Waals surface area contributed by atoms with Crippen LogP contribution in [0.2, 0.25) is 0 Å². The van der Waals surface area contributed by atoms with Crippen LogP contribution < -0.4 is 5.73 Å². The van der Waals surface area contributed by atoms with E-state index in [4.69, 9.17) is 5.73 Å². The van der Waals surface area contributed by atoms with E-state index in [0.29, 0.717) is 4.60 Å². The summed E-state index contributed by atoms with van der Waals surface area (Å²) < 4.78 is 0.548. The zero-order chi connectivity index (χ0) is 10.1. The number of carbonyl (C=O) groups excluding carboxylic acids is 1. The van der Waals surface area contributed by atoms with Gasteiger partial charge in [-0.1, -0.05) is 6.07 Å². The summed E-state index contributed by atoms with van der Waals surface area (Å²) in [5.41, 5.74) is 3.52. The minimum absolute atomic E-state index is 0.231. The minimum atomic E-state index is -1.72. The van der Waals surface area contributed by atoms with Crippen molar-refractivity contribution in [3.05, 3.63) is 28.5 Å². The summed E-state index contributed by atoms with van der Waals surface area (Å²) in [6.07, 6.45) is 0. The van der Waals surface area contributed by atoms with Gasteiger partial charge in [0.1, 0.15) is 4.60 Å². The first-order valence-electron chi connectivity index (χ1n) is 3.60. The van der Waals surface area contributed by atoms with Gasteiger partial charge in [-0.25, -0.2) is 4.98 Å². The van der Waals surface area contributed by atoms with E-state index in [2.05, 4.69) is 20.9 Å². The van der Waals surface area contributed by atoms with E-state index in [0.717, 1.165) is 0 Å². The molecule has 0 radical (unpaired) electrons. The van der Waals surface area contributed by atoms with E-state index in [1.807, 2.05) is 0 Å². The van der Waals surface area contributed by atoms with E-state index in [9.17, 15) is 9.90 Å². The standard InChI is InChI=1S/C8H9BrN2O2/c1-8(13,7(10)12)5-3-2-4-6(9)11-5/h2-4,13H,1H3,(H2,10,12). The maximum absolute atomic E-state index is 10.8. The Hall–Kier alpha value is -0.940. The van der Waals surface area contributed by atoms with E-state index < -0.39 is 11.5 Å². The molecular weight excluding hydrogens is 236 g/mol. The van der Waals surface area contributed by atoms with Gasteiger partial charge in [-0.3, -0.25) is 4.79 Å². The summed E-state index contributed by atoms with van der Waals surface area (Å²) in [6, 6.07) is 4.90. The number of nitrogens with zero attached hydrogens (tertiary/aromatic N) is 1. The number of hydrogen-bond donors (Lipinski definition) is 2. The molecule has 0 saturated carbocycles. The lowest BCUT2D eigenvalue weighted by Gasteiger charge is -2.18. The molecule has 1 amide bonds. The van der Waals surface area contributed by atoms with Crippen molar-refractivity contribution in [1.29, 1.82) is 0 Å². The Balaban J connectivity index is 3.14. The molecule has 5 heteroatoms. The highest BCUT2D eigenvalue weighted by Crippen LogP contribution is 2.19. The fourth-order valence-corrected chi connectivity index (χ4v) is 1.15. The average molecular weight is 245 g/mol. The largest absolute Gasteiger partial charge is 0.374 e. The maximum Gasteiger partial charge on any atom is 0.255 e. The van der Waals surface area contributed by atoms with Gasteiger partial charge in [-0.05, 0) is 35.0 Å². The van der Waals surface area contributed by atoms with Gasteiger partial charge in [0.05, 0.1) is 5.69 Å². The molecule has 0 aromatic carbocycles. The van der Waals surface area contributed by atoms with E-state index >= 15 is 0 Å². The Morgan fingerprint density at radius 2 is 2.31 bits per heavy atom. The summed E-state index contributed by atoms with van der Waals surface area (Å²) >= 11 is 3.13. The number of aliphatic hydroxyl groups is 1. The highest BCUT2D eigenvalue weighted by molar-refractivity contribution is 9.10. The molecule has 0 aliphatic carbocycles. The Kier molecular flexibility index (Phi) is 2.68. The van der Waals surface area contributed by atoms with Gasteiger partial charge in [-0.2, -0.15) is 0 Å². The average Bonchev–Trinajstić information content (AvgIpc) is 2.04. The van der Waals surface area contributed by atoms with Crippen LogP contribution in [0.1, 0.15) is 12.6 Å². The van der Waals surface area contributed by atoms with Crippen LogP contribution in [-0.4, -0.2) is 16.0 Å². The Morgan fingerprint density at radius 3 is 2.77 bits per heavy atom. The van der Waals surface area contributed by atoms with E-state index in [1.54, 1.807) is 12.1 Å². The highest BCUT2D eigenvalue weighted by atomic mass is 79.9. The van der Waals surface area contributed by atoms with Crippen LogP contribution in [0.3, 0.4) is 0 Å². The summed E-state index contributed by atoms with van der Waals surface area (Å²) in [5.74, 6) is -0.821. The van der Waals surface area contributed by atoms with Gasteiger partial charge < -0.3 is 10.8 Å². The fourth-order valence-electron chi connectivity index (χ4n) is 0.806. The van der Waals surface area contributed by atoms with Crippen LogP contribution in [0.25, 0.3) is 0 Å². The van der Waals surface area contributed by atoms with E-state index in [-0.39, 0.29) is 5.69 Å². The van der Waals surface area contributed by atoms with Crippen molar-refractivity contribution in [2.75, 3.05) is 0 Å². The molecule has 4 nitrogen and oxygen atoms in total. The smallest absolute Gasteiger partial charge is 0.255 e. The molecule has 0 bridgehead atoms. The molecule has 1 aromatic rings. The molecule has 1 unspecified atom stereocenters. The molecule has 70 valence electrons. The van der Waals surface area contributed by atoms with Gasteiger partial charge in [0, 0.05) is 0 Å². The van der Waals surface area contributed by atoms with Crippen molar-refractivity contribution < 1.29 is 9.90 Å². The van der Waals surface area contributed by atoms with Gasteiger partial charge in [-0.15, -0.1) is 0 Å². The second kappa shape index (κ2) is 3.43. The summed E-state index contributed by atoms with van der Waals surface area (Å²) in [7, 11) is 0. The molecule has 0 aliphatic heterocycles. The highest BCUT2D eigenvalue weighted by Gasteiger charge is 2.31. The Bertz CT molecular complexity index is 339. The maximum atomic E-state index is 10.8. The molecular formula is C8H9BrN2O2. The lowest BCUT2D eigenvalue weighted by molar-refractivity contribution is -0.135. The number of primary amides is 1. The lowest BCUT2D eigenvalue weighted by Crippen LogP contribution is -2.38. The molecule has 1 atom stereocenters. The first-order valence-corrected chi connectivity index (χ1v) is 4.39. The van der Waals surface area contributed by atoms with Crippen molar-refractivity contribution in [1.82, 2.24) is 4.98 Å². The first kappa shape index (κ1) is 10.1. The fraction of sp³-hybridized carbons (Fsp3) is 0.250. The molecule has 0 saturated heterocycles. The number of carbonyl (C=O) groups is 1. The number of hydrogen-bond acceptors (Lipinski definition) is 3. The second-order valence-electron chi connectivity index (χ2n) is 2.78. The lowest BCUT2D eigenvalue weighted by atomic mass is 10.0. The minimum Gasteiger partial charge on any atom is -0.374 e. The van der Waals surface area contributed by atoms with Gasteiger partial charge in [0.25, 0.3) is 5.91 Å².